The van der Waals surface area contributed by atoms with Gasteiger partial charge in [-0.25, -0.2) is 4.79 Å². The predicted molar refractivity (Wildman–Crippen MR) is 77.9 cm³/mol. The van der Waals surface area contributed by atoms with Gasteiger partial charge in [-0.1, -0.05) is 0 Å². The molecule has 2 aliphatic rings. The number of fused-ring (bicyclic) bond motifs is 1. The smallest absolute Gasteiger partial charge is 0.352 e. The van der Waals surface area contributed by atoms with Crippen molar-refractivity contribution >= 4 is 29.5 Å². The van der Waals surface area contributed by atoms with Crippen LogP contribution in [0.15, 0.2) is 23.5 Å². The number of rotatable bonds is 3. The summed E-state index contributed by atoms with van der Waals surface area (Å²) in [6.45, 7) is 1.69. The van der Waals surface area contributed by atoms with Gasteiger partial charge in [0, 0.05) is 19.0 Å². The van der Waals surface area contributed by atoms with Crippen LogP contribution in [0.25, 0.3) is 0 Å². The lowest BCUT2D eigenvalue weighted by atomic mass is 10.0. The number of nitrogens with zero attached hydrogens (tertiary/aromatic N) is 3. The molecule has 0 saturated carbocycles. The Hall–Kier alpha value is -2.29. The number of β-lactam (4-membered cyclic amide) rings is 1. The van der Waals surface area contributed by atoms with Crippen molar-refractivity contribution < 1.29 is 19.5 Å². The van der Waals surface area contributed by atoms with Crippen LogP contribution in [0.4, 0.5) is 0 Å². The van der Waals surface area contributed by atoms with Crippen molar-refractivity contribution in [1.82, 2.24) is 20.0 Å². The van der Waals surface area contributed by atoms with Crippen molar-refractivity contribution in [2.75, 3.05) is 5.75 Å². The minimum atomic E-state index is -1.12. The van der Waals surface area contributed by atoms with Crippen LogP contribution in [0.1, 0.15) is 17.4 Å². The normalized spacial score (nSPS) is 23.9. The number of aliphatic carboxylic acids is 1. The van der Waals surface area contributed by atoms with E-state index in [1.54, 1.807) is 26.2 Å². The number of amides is 2. The molecular weight excluding hydrogens is 308 g/mol. The fraction of sp³-hybridized carbons (Fsp3) is 0.385. The second kappa shape index (κ2) is 5.16. The Bertz CT molecular complexity index is 711. The number of aryl methyl sites for hydroxylation is 1. The molecule has 116 valence electrons. The molecule has 1 saturated heterocycles. The zero-order valence-corrected chi connectivity index (χ0v) is 12.8. The van der Waals surface area contributed by atoms with E-state index in [0.717, 1.165) is 0 Å². The summed E-state index contributed by atoms with van der Waals surface area (Å²) in [5, 5.41) is 15.5. The lowest BCUT2D eigenvalue weighted by Gasteiger charge is -2.49. The van der Waals surface area contributed by atoms with Crippen LogP contribution in [0.5, 0.6) is 0 Å². The third-order valence-corrected chi connectivity index (χ3v) is 5.02. The number of thioether (sulfide) groups is 1. The molecule has 0 unspecified atom stereocenters. The number of aromatic nitrogens is 2. The molecule has 0 bridgehead atoms. The van der Waals surface area contributed by atoms with Gasteiger partial charge in [0.05, 0.1) is 0 Å². The number of nitrogens with one attached hydrogen (secondary N) is 1. The van der Waals surface area contributed by atoms with E-state index in [0.29, 0.717) is 11.3 Å². The summed E-state index contributed by atoms with van der Waals surface area (Å²) < 4.78 is 1.49. The molecule has 3 heterocycles. The number of hydrogen-bond acceptors (Lipinski definition) is 5. The molecule has 1 aromatic heterocycles. The van der Waals surface area contributed by atoms with Gasteiger partial charge in [-0.3, -0.25) is 19.2 Å². The van der Waals surface area contributed by atoms with Crippen molar-refractivity contribution in [3.05, 3.63) is 29.2 Å². The Balaban J connectivity index is 1.76. The molecule has 0 aliphatic carbocycles. The Morgan fingerprint density at radius 1 is 1.50 bits per heavy atom. The van der Waals surface area contributed by atoms with E-state index in [9.17, 15) is 19.5 Å². The van der Waals surface area contributed by atoms with E-state index >= 15 is 0 Å². The third-order valence-electron chi connectivity index (χ3n) is 3.59. The van der Waals surface area contributed by atoms with E-state index in [-0.39, 0.29) is 16.8 Å². The molecule has 0 aromatic carbocycles. The summed E-state index contributed by atoms with van der Waals surface area (Å²) >= 11 is 1.44. The van der Waals surface area contributed by atoms with Gasteiger partial charge in [0.2, 0.25) is 0 Å². The first-order chi connectivity index (χ1) is 10.4. The van der Waals surface area contributed by atoms with Gasteiger partial charge >= 0.3 is 5.97 Å². The first-order valence-electron chi connectivity index (χ1n) is 6.58. The van der Waals surface area contributed by atoms with Gasteiger partial charge in [-0.15, -0.1) is 11.8 Å². The van der Waals surface area contributed by atoms with Crippen molar-refractivity contribution in [1.29, 1.82) is 0 Å². The number of carbonyl (C=O) groups is 3. The van der Waals surface area contributed by atoms with Gasteiger partial charge in [-0.2, -0.15) is 5.10 Å². The predicted octanol–water partition coefficient (Wildman–Crippen LogP) is -0.208. The van der Waals surface area contributed by atoms with Gasteiger partial charge in [-0.05, 0) is 18.6 Å². The zero-order chi connectivity index (χ0) is 16.0. The van der Waals surface area contributed by atoms with Gasteiger partial charge in [0.25, 0.3) is 11.8 Å². The van der Waals surface area contributed by atoms with Gasteiger partial charge in [0.15, 0.2) is 0 Å². The van der Waals surface area contributed by atoms with Gasteiger partial charge < -0.3 is 10.4 Å². The van der Waals surface area contributed by atoms with E-state index in [1.165, 1.54) is 21.3 Å². The van der Waals surface area contributed by atoms with Crippen LogP contribution >= 0.6 is 11.8 Å². The quantitative estimate of drug-likeness (QED) is 0.746. The van der Waals surface area contributed by atoms with Crippen LogP contribution in [0.3, 0.4) is 0 Å². The van der Waals surface area contributed by atoms with Crippen LogP contribution in [0.2, 0.25) is 0 Å². The number of carbonyl (C=O) groups excluding carboxylic acids is 2. The van der Waals surface area contributed by atoms with Crippen molar-refractivity contribution in [2.24, 2.45) is 7.05 Å². The molecular formula is C13H14N4O4S. The molecule has 2 atom stereocenters. The standard InChI is InChI=1S/C13H14N4O4S/c1-6-5-22-12-8(11(19)17(12)9(6)13(20)21)14-10(18)7-3-4-16(2)15-7/h3-4,8,12H,5H2,1-2H3,(H,14,18)(H,20,21)/t8-,12-/m0/s1. The van der Waals surface area contributed by atoms with Gasteiger partial charge in [0.1, 0.15) is 22.8 Å². The van der Waals surface area contributed by atoms with Crippen molar-refractivity contribution in [3.8, 4) is 0 Å². The highest BCUT2D eigenvalue weighted by atomic mass is 32.2. The SMILES string of the molecule is CC1=C(C(=O)O)N2C(=O)[C@H](NC(=O)c3ccn(C)n3)[C@@H]2SC1. The Morgan fingerprint density at radius 2 is 2.23 bits per heavy atom. The minimum Gasteiger partial charge on any atom is -0.477 e. The molecule has 2 amide bonds. The Kier molecular flexibility index (Phi) is 3.44. The second-order valence-corrected chi connectivity index (χ2v) is 6.27. The van der Waals surface area contributed by atoms with Crippen molar-refractivity contribution in [3.63, 3.8) is 0 Å². The molecule has 1 fully saturated rings. The van der Waals surface area contributed by atoms with Crippen molar-refractivity contribution in [2.45, 2.75) is 18.3 Å². The third kappa shape index (κ3) is 2.17. The largest absolute Gasteiger partial charge is 0.477 e. The molecule has 3 rings (SSSR count). The monoisotopic (exact) mass is 322 g/mol. The maximum Gasteiger partial charge on any atom is 0.352 e. The molecule has 0 radical (unpaired) electrons. The number of carboxylic acids is 1. The molecule has 8 nitrogen and oxygen atoms in total. The molecule has 0 spiro atoms. The Morgan fingerprint density at radius 3 is 2.82 bits per heavy atom. The molecule has 2 aliphatic heterocycles. The topological polar surface area (TPSA) is 105 Å². The maximum atomic E-state index is 12.2. The lowest BCUT2D eigenvalue weighted by Crippen LogP contribution is -2.70. The van der Waals surface area contributed by atoms with E-state index in [1.807, 2.05) is 0 Å². The van der Waals surface area contributed by atoms with E-state index < -0.39 is 23.8 Å². The molecule has 2 N–H and O–H groups in total. The van der Waals surface area contributed by atoms with Crippen LogP contribution in [-0.2, 0) is 16.6 Å². The highest BCUT2D eigenvalue weighted by Crippen LogP contribution is 2.40. The average Bonchev–Trinajstić information content (AvgIpc) is 2.90. The maximum absolute atomic E-state index is 12.2. The summed E-state index contributed by atoms with van der Waals surface area (Å²) in [7, 11) is 1.69. The summed E-state index contributed by atoms with van der Waals surface area (Å²) in [5.41, 5.74) is 0.897. The van der Waals surface area contributed by atoms with Crippen LogP contribution in [0, 0.1) is 0 Å². The summed E-state index contributed by atoms with van der Waals surface area (Å²) in [4.78, 5) is 36.8. The highest BCUT2D eigenvalue weighted by Gasteiger charge is 2.53. The average molecular weight is 322 g/mol. The minimum absolute atomic E-state index is 0.0251. The summed E-state index contributed by atoms with van der Waals surface area (Å²) in [6, 6.07) is 0.832. The van der Waals surface area contributed by atoms with E-state index in [4.69, 9.17) is 0 Å². The Labute approximate surface area is 130 Å². The van der Waals surface area contributed by atoms with Crippen LogP contribution in [-0.4, -0.2) is 54.7 Å². The highest BCUT2D eigenvalue weighted by molar-refractivity contribution is 8.00. The first-order valence-corrected chi connectivity index (χ1v) is 7.63. The van der Waals surface area contributed by atoms with E-state index in [2.05, 4.69) is 10.4 Å². The molecule has 9 heteroatoms. The fourth-order valence-corrected chi connectivity index (χ4v) is 3.82. The zero-order valence-electron chi connectivity index (χ0n) is 11.9. The van der Waals surface area contributed by atoms with Crippen LogP contribution < -0.4 is 5.32 Å². The number of carboxylic acid groups (broad SMARTS) is 1. The second-order valence-electron chi connectivity index (χ2n) is 5.17. The first kappa shape index (κ1) is 14.6. The fourth-order valence-electron chi connectivity index (χ4n) is 2.53. The lowest BCUT2D eigenvalue weighted by molar-refractivity contribution is -0.148. The number of hydrogen-bond donors (Lipinski definition) is 2. The molecule has 22 heavy (non-hydrogen) atoms. The summed E-state index contributed by atoms with van der Waals surface area (Å²) in [6.07, 6.45) is 1.63. The summed E-state index contributed by atoms with van der Waals surface area (Å²) in [5.74, 6) is -1.45. The molecule has 1 aromatic rings.